The van der Waals surface area contributed by atoms with Crippen LogP contribution >= 0.6 is 0 Å². The molecule has 28 heavy (non-hydrogen) atoms. The predicted octanol–water partition coefficient (Wildman–Crippen LogP) is 2.79. The quantitative estimate of drug-likeness (QED) is 0.692. The summed E-state index contributed by atoms with van der Waals surface area (Å²) in [5.41, 5.74) is 6.94. The standard InChI is InChI=1S/C24H21N3O/c28-24-23-16(6-9-27-24)15-5-8-26-11-18-12-4-7-25-10-17(12)19-13-2-1-3-14(13)21(23)20(15)22(18)19/h1-9,11-12,14,17,19,21-23,25-26H,10H2. The SMILES string of the molecule is O=C1N=CC=C2C3=C4C5C(=CNC=C3)C3C=CNCC3C5C3=CC=CC3C4C12. The Labute approximate surface area is 163 Å². The number of allylic oxidation sites excluding steroid dienone is 10. The Morgan fingerprint density at radius 2 is 1.96 bits per heavy atom. The first-order valence-corrected chi connectivity index (χ1v) is 10.3. The molecule has 2 fully saturated rings. The number of hydrogen-bond donors (Lipinski definition) is 2. The number of aliphatic imine (C=N–C) groups is 1. The summed E-state index contributed by atoms with van der Waals surface area (Å²) in [6, 6.07) is 0. The van der Waals surface area contributed by atoms with Gasteiger partial charge in [-0.3, -0.25) is 4.79 Å². The maximum atomic E-state index is 12.9. The van der Waals surface area contributed by atoms with E-state index in [-0.39, 0.29) is 17.7 Å². The number of dihydropyridines is 1. The highest BCUT2D eigenvalue weighted by Gasteiger charge is 2.60. The fourth-order valence-corrected chi connectivity index (χ4v) is 7.07. The van der Waals surface area contributed by atoms with Gasteiger partial charge in [-0.15, -0.1) is 0 Å². The molecule has 4 heteroatoms. The summed E-state index contributed by atoms with van der Waals surface area (Å²) in [7, 11) is 0. The number of rotatable bonds is 0. The highest BCUT2D eigenvalue weighted by molar-refractivity contribution is 5.99. The van der Waals surface area contributed by atoms with Crippen molar-refractivity contribution in [2.45, 2.75) is 0 Å². The van der Waals surface area contributed by atoms with Gasteiger partial charge < -0.3 is 10.6 Å². The Kier molecular flexibility index (Phi) is 2.77. The van der Waals surface area contributed by atoms with E-state index in [0.717, 1.165) is 6.54 Å². The van der Waals surface area contributed by atoms with Crippen LogP contribution in [-0.2, 0) is 4.79 Å². The summed E-state index contributed by atoms with van der Waals surface area (Å²) in [6.07, 6.45) is 21.6. The van der Waals surface area contributed by atoms with E-state index in [1.807, 2.05) is 6.20 Å². The molecule has 0 spiro atoms. The third-order valence-electron chi connectivity index (χ3n) is 7.89. The highest BCUT2D eigenvalue weighted by atomic mass is 16.1. The highest BCUT2D eigenvalue weighted by Crippen LogP contribution is 2.66. The Hall–Kier alpha value is -2.88. The Morgan fingerprint density at radius 1 is 1.00 bits per heavy atom. The molecule has 7 aliphatic rings. The van der Waals surface area contributed by atoms with Crippen LogP contribution in [0.4, 0.5) is 0 Å². The molecule has 2 N–H and O–H groups in total. The average Bonchev–Trinajstić information content (AvgIpc) is 3.36. The molecule has 0 aromatic rings. The maximum absolute atomic E-state index is 12.9. The number of carbonyl (C=O) groups excluding carboxylic acids is 1. The van der Waals surface area contributed by atoms with Crippen molar-refractivity contribution in [3.63, 3.8) is 0 Å². The molecule has 7 atom stereocenters. The van der Waals surface area contributed by atoms with Gasteiger partial charge in [0.1, 0.15) is 0 Å². The van der Waals surface area contributed by atoms with Crippen LogP contribution in [0.5, 0.6) is 0 Å². The molecule has 3 heterocycles. The molecule has 1 amide bonds. The lowest BCUT2D eigenvalue weighted by Gasteiger charge is -2.43. The molecule has 7 unspecified atom stereocenters. The second-order valence-electron chi connectivity index (χ2n) is 8.79. The van der Waals surface area contributed by atoms with E-state index in [1.165, 1.54) is 27.9 Å². The van der Waals surface area contributed by atoms with Crippen molar-refractivity contribution < 1.29 is 4.79 Å². The van der Waals surface area contributed by atoms with Crippen LogP contribution in [-0.4, -0.2) is 18.7 Å². The number of fused-ring (bicyclic) bond motifs is 9. The Bertz CT molecular complexity index is 1060. The first kappa shape index (κ1) is 15.1. The third-order valence-corrected chi connectivity index (χ3v) is 7.89. The molecule has 3 aliphatic heterocycles. The zero-order chi connectivity index (χ0) is 18.4. The molecule has 0 bridgehead atoms. The lowest BCUT2D eigenvalue weighted by atomic mass is 9.60. The van der Waals surface area contributed by atoms with Crippen LogP contribution in [0.25, 0.3) is 0 Å². The van der Waals surface area contributed by atoms with Crippen LogP contribution in [0.2, 0.25) is 0 Å². The minimum atomic E-state index is -0.132. The molecule has 0 aromatic heterocycles. The lowest BCUT2D eigenvalue weighted by molar-refractivity contribution is -0.121. The number of amides is 1. The second-order valence-corrected chi connectivity index (χ2v) is 8.79. The summed E-state index contributed by atoms with van der Waals surface area (Å²) >= 11 is 0. The molecular weight excluding hydrogens is 346 g/mol. The third kappa shape index (κ3) is 1.64. The molecule has 0 saturated heterocycles. The summed E-state index contributed by atoms with van der Waals surface area (Å²) in [6.45, 7) is 1.01. The zero-order valence-corrected chi connectivity index (χ0v) is 15.4. The van der Waals surface area contributed by atoms with Crippen LogP contribution in [0.15, 0.2) is 87.9 Å². The molecule has 0 aromatic carbocycles. The number of nitrogens with zero attached hydrogens (tertiary/aromatic N) is 1. The molecule has 2 saturated carbocycles. The molecule has 4 aliphatic carbocycles. The van der Waals surface area contributed by atoms with Crippen LogP contribution in [0.1, 0.15) is 0 Å². The van der Waals surface area contributed by atoms with Gasteiger partial charge in [0, 0.05) is 48.8 Å². The normalized spacial score (nSPS) is 43.1. The van der Waals surface area contributed by atoms with Gasteiger partial charge in [-0.1, -0.05) is 29.9 Å². The van der Waals surface area contributed by atoms with E-state index in [9.17, 15) is 4.79 Å². The van der Waals surface area contributed by atoms with Gasteiger partial charge in [-0.05, 0) is 52.5 Å². The first-order chi connectivity index (χ1) is 13.8. The van der Waals surface area contributed by atoms with Crippen molar-refractivity contribution in [3.05, 3.63) is 82.9 Å². The van der Waals surface area contributed by atoms with E-state index in [4.69, 9.17) is 0 Å². The van der Waals surface area contributed by atoms with Gasteiger partial charge in [0.15, 0.2) is 0 Å². The van der Waals surface area contributed by atoms with Gasteiger partial charge in [-0.2, -0.15) is 0 Å². The van der Waals surface area contributed by atoms with Gasteiger partial charge >= 0.3 is 0 Å². The predicted molar refractivity (Wildman–Crippen MR) is 108 cm³/mol. The van der Waals surface area contributed by atoms with Gasteiger partial charge in [0.2, 0.25) is 0 Å². The fraction of sp³-hybridized carbons (Fsp3) is 0.333. The van der Waals surface area contributed by atoms with Crippen molar-refractivity contribution in [2.24, 2.45) is 46.4 Å². The second kappa shape index (κ2) is 5.13. The Morgan fingerprint density at radius 3 is 2.93 bits per heavy atom. The topological polar surface area (TPSA) is 53.5 Å². The van der Waals surface area contributed by atoms with Crippen LogP contribution < -0.4 is 10.6 Å². The lowest BCUT2D eigenvalue weighted by Crippen LogP contribution is -2.40. The summed E-state index contributed by atoms with van der Waals surface area (Å²) in [5.74, 6) is 2.32. The summed E-state index contributed by atoms with van der Waals surface area (Å²) in [5, 5.41) is 6.90. The molecular formula is C24H21N3O. The van der Waals surface area contributed by atoms with Gasteiger partial charge in [-0.25, -0.2) is 4.99 Å². The number of hydrogen-bond acceptors (Lipinski definition) is 3. The monoisotopic (exact) mass is 367 g/mol. The fourth-order valence-electron chi connectivity index (χ4n) is 7.07. The van der Waals surface area contributed by atoms with Crippen molar-refractivity contribution in [1.82, 2.24) is 10.6 Å². The van der Waals surface area contributed by atoms with Crippen molar-refractivity contribution in [1.29, 1.82) is 0 Å². The summed E-state index contributed by atoms with van der Waals surface area (Å²) < 4.78 is 0. The van der Waals surface area contributed by atoms with Crippen LogP contribution in [0, 0.1) is 41.4 Å². The van der Waals surface area contributed by atoms with Gasteiger partial charge in [0.25, 0.3) is 5.91 Å². The summed E-state index contributed by atoms with van der Waals surface area (Å²) in [4.78, 5) is 17.1. The van der Waals surface area contributed by atoms with E-state index in [0.29, 0.717) is 29.6 Å². The van der Waals surface area contributed by atoms with Crippen molar-refractivity contribution >= 4 is 12.1 Å². The van der Waals surface area contributed by atoms with E-state index in [1.54, 1.807) is 6.21 Å². The molecule has 138 valence electrons. The Balaban J connectivity index is 1.53. The average molecular weight is 367 g/mol. The van der Waals surface area contributed by atoms with E-state index >= 15 is 0 Å². The number of carbonyl (C=O) groups is 1. The van der Waals surface area contributed by atoms with E-state index < -0.39 is 0 Å². The van der Waals surface area contributed by atoms with Crippen LogP contribution in [0.3, 0.4) is 0 Å². The van der Waals surface area contributed by atoms with Crippen molar-refractivity contribution in [3.8, 4) is 0 Å². The molecule has 0 radical (unpaired) electrons. The molecule has 4 nitrogen and oxygen atoms in total. The smallest absolute Gasteiger partial charge is 0.253 e. The number of nitrogens with one attached hydrogen (secondary N) is 2. The van der Waals surface area contributed by atoms with Gasteiger partial charge in [0.05, 0.1) is 5.92 Å². The maximum Gasteiger partial charge on any atom is 0.253 e. The molecule has 7 rings (SSSR count). The minimum absolute atomic E-state index is 0.0243. The zero-order valence-electron chi connectivity index (χ0n) is 15.4. The first-order valence-electron chi connectivity index (χ1n) is 10.3. The largest absolute Gasteiger partial charge is 0.391 e. The minimum Gasteiger partial charge on any atom is -0.391 e. The van der Waals surface area contributed by atoms with E-state index in [2.05, 4.69) is 64.5 Å². The van der Waals surface area contributed by atoms with Crippen molar-refractivity contribution in [2.75, 3.05) is 6.54 Å².